The monoisotopic (exact) mass is 179 g/mol. The van der Waals surface area contributed by atoms with Crippen LogP contribution < -0.4 is 5.73 Å². The van der Waals surface area contributed by atoms with E-state index >= 15 is 0 Å². The fourth-order valence-electron chi connectivity index (χ4n) is 1.38. The van der Waals surface area contributed by atoms with Gasteiger partial charge in [0, 0.05) is 0 Å². The Balaban J connectivity index is 3.05. The zero-order valence-corrected chi connectivity index (χ0v) is 8.41. The third kappa shape index (κ3) is 2.29. The van der Waals surface area contributed by atoms with Crippen molar-refractivity contribution in [2.45, 2.75) is 32.9 Å². The van der Waals surface area contributed by atoms with Crippen molar-refractivity contribution in [2.24, 2.45) is 5.73 Å². The van der Waals surface area contributed by atoms with Gasteiger partial charge >= 0.3 is 0 Å². The summed E-state index contributed by atoms with van der Waals surface area (Å²) in [7, 11) is 0. The number of aryl methyl sites for hydroxylation is 2. The molecule has 2 atom stereocenters. The van der Waals surface area contributed by atoms with E-state index in [1.807, 2.05) is 32.0 Å². The number of aliphatic hydroxyl groups excluding tert-OH is 1. The Morgan fingerprint density at radius 3 is 2.46 bits per heavy atom. The standard InChI is InChI=1S/C11H17NO/c1-7-4-5-8(2)10(6-7)11(12)9(3)13/h4-6,9,11,13H,12H2,1-3H3/t9-,11+/m0/s1. The highest BCUT2D eigenvalue weighted by Gasteiger charge is 2.13. The van der Waals surface area contributed by atoms with Crippen LogP contribution in [0.2, 0.25) is 0 Å². The van der Waals surface area contributed by atoms with Gasteiger partial charge in [0.05, 0.1) is 12.1 Å². The molecule has 0 saturated carbocycles. The molecule has 0 bridgehead atoms. The Kier molecular flexibility index (Phi) is 3.07. The van der Waals surface area contributed by atoms with E-state index in [-0.39, 0.29) is 6.04 Å². The smallest absolute Gasteiger partial charge is 0.0704 e. The molecule has 1 rings (SSSR count). The van der Waals surface area contributed by atoms with Gasteiger partial charge in [-0.1, -0.05) is 23.8 Å². The van der Waals surface area contributed by atoms with Crippen LogP contribution in [0, 0.1) is 13.8 Å². The van der Waals surface area contributed by atoms with Gasteiger partial charge in [0.15, 0.2) is 0 Å². The van der Waals surface area contributed by atoms with Gasteiger partial charge in [-0.2, -0.15) is 0 Å². The molecule has 13 heavy (non-hydrogen) atoms. The number of nitrogens with two attached hydrogens (primary N) is 1. The summed E-state index contributed by atoms with van der Waals surface area (Å²) in [5, 5.41) is 9.36. The molecular formula is C11H17NO. The van der Waals surface area contributed by atoms with Gasteiger partial charge in [0.25, 0.3) is 0 Å². The molecule has 2 nitrogen and oxygen atoms in total. The zero-order chi connectivity index (χ0) is 10.0. The fourth-order valence-corrected chi connectivity index (χ4v) is 1.38. The van der Waals surface area contributed by atoms with E-state index < -0.39 is 6.10 Å². The maximum atomic E-state index is 9.36. The van der Waals surface area contributed by atoms with Crippen LogP contribution in [-0.4, -0.2) is 11.2 Å². The number of hydrogen-bond acceptors (Lipinski definition) is 2. The minimum absolute atomic E-state index is 0.278. The second-order valence-corrected chi connectivity index (χ2v) is 3.63. The Morgan fingerprint density at radius 2 is 1.92 bits per heavy atom. The van der Waals surface area contributed by atoms with Gasteiger partial charge < -0.3 is 10.8 Å². The topological polar surface area (TPSA) is 46.2 Å². The molecule has 3 N–H and O–H groups in total. The Labute approximate surface area is 79.4 Å². The summed E-state index contributed by atoms with van der Waals surface area (Å²) in [6, 6.07) is 5.84. The minimum atomic E-state index is -0.500. The lowest BCUT2D eigenvalue weighted by Crippen LogP contribution is -2.24. The normalized spacial score (nSPS) is 15.5. The molecule has 2 heteroatoms. The van der Waals surface area contributed by atoms with E-state index in [1.165, 1.54) is 5.56 Å². The highest BCUT2D eigenvalue weighted by atomic mass is 16.3. The maximum Gasteiger partial charge on any atom is 0.0704 e. The lowest BCUT2D eigenvalue weighted by atomic mass is 9.97. The third-order valence-electron chi connectivity index (χ3n) is 2.31. The van der Waals surface area contributed by atoms with E-state index in [0.717, 1.165) is 11.1 Å². The lowest BCUT2D eigenvalue weighted by Gasteiger charge is -2.17. The molecule has 1 aromatic rings. The van der Waals surface area contributed by atoms with Crippen molar-refractivity contribution < 1.29 is 5.11 Å². The molecule has 0 radical (unpaired) electrons. The highest BCUT2D eigenvalue weighted by molar-refractivity contribution is 5.33. The van der Waals surface area contributed by atoms with Crippen molar-refractivity contribution >= 4 is 0 Å². The van der Waals surface area contributed by atoms with Crippen LogP contribution in [-0.2, 0) is 0 Å². The van der Waals surface area contributed by atoms with Crippen molar-refractivity contribution in [1.82, 2.24) is 0 Å². The average Bonchev–Trinajstić information content (AvgIpc) is 2.08. The van der Waals surface area contributed by atoms with Crippen molar-refractivity contribution in [2.75, 3.05) is 0 Å². The summed E-state index contributed by atoms with van der Waals surface area (Å²) in [4.78, 5) is 0. The first-order valence-electron chi connectivity index (χ1n) is 4.53. The van der Waals surface area contributed by atoms with Crippen LogP contribution >= 0.6 is 0 Å². The molecular weight excluding hydrogens is 162 g/mol. The molecule has 0 aliphatic carbocycles. The lowest BCUT2D eigenvalue weighted by molar-refractivity contribution is 0.164. The second-order valence-electron chi connectivity index (χ2n) is 3.63. The summed E-state index contributed by atoms with van der Waals surface area (Å²) in [6.07, 6.45) is -0.500. The van der Waals surface area contributed by atoms with Gasteiger partial charge in [-0.05, 0) is 31.9 Å². The number of hydrogen-bond donors (Lipinski definition) is 2. The number of rotatable bonds is 2. The van der Waals surface area contributed by atoms with E-state index in [9.17, 15) is 5.11 Å². The maximum absolute atomic E-state index is 9.36. The fraction of sp³-hybridized carbons (Fsp3) is 0.455. The van der Waals surface area contributed by atoms with Crippen molar-refractivity contribution in [1.29, 1.82) is 0 Å². The SMILES string of the molecule is Cc1ccc(C)c([C@H](N)[C@H](C)O)c1. The first-order chi connectivity index (χ1) is 6.02. The van der Waals surface area contributed by atoms with Gasteiger partial charge in [-0.25, -0.2) is 0 Å². The van der Waals surface area contributed by atoms with Crippen molar-refractivity contribution in [3.63, 3.8) is 0 Å². The molecule has 0 spiro atoms. The van der Waals surface area contributed by atoms with Gasteiger partial charge in [-0.15, -0.1) is 0 Å². The molecule has 0 heterocycles. The van der Waals surface area contributed by atoms with E-state index in [1.54, 1.807) is 6.92 Å². The van der Waals surface area contributed by atoms with Crippen molar-refractivity contribution in [3.05, 3.63) is 34.9 Å². The Hall–Kier alpha value is -0.860. The summed E-state index contributed by atoms with van der Waals surface area (Å²) in [5.41, 5.74) is 9.21. The molecule has 72 valence electrons. The molecule has 0 saturated heterocycles. The van der Waals surface area contributed by atoms with Gasteiger partial charge in [0.2, 0.25) is 0 Å². The van der Waals surface area contributed by atoms with Crippen molar-refractivity contribution in [3.8, 4) is 0 Å². The largest absolute Gasteiger partial charge is 0.391 e. The van der Waals surface area contributed by atoms with Crippen LogP contribution in [0.5, 0.6) is 0 Å². The molecule has 0 unspecified atom stereocenters. The average molecular weight is 179 g/mol. The quantitative estimate of drug-likeness (QED) is 0.725. The van der Waals surface area contributed by atoms with E-state index in [2.05, 4.69) is 0 Å². The molecule has 0 aliphatic rings. The minimum Gasteiger partial charge on any atom is -0.391 e. The van der Waals surface area contributed by atoms with Crippen LogP contribution in [0.3, 0.4) is 0 Å². The predicted octanol–water partition coefficient (Wildman–Crippen LogP) is 1.68. The van der Waals surface area contributed by atoms with Crippen LogP contribution in [0.25, 0.3) is 0 Å². The summed E-state index contributed by atoms with van der Waals surface area (Å²) in [6.45, 7) is 5.75. The molecule has 0 amide bonds. The van der Waals surface area contributed by atoms with Crippen LogP contribution in [0.4, 0.5) is 0 Å². The number of benzene rings is 1. The first-order valence-corrected chi connectivity index (χ1v) is 4.53. The van der Waals surface area contributed by atoms with E-state index in [4.69, 9.17) is 5.73 Å². The molecule has 0 aromatic heterocycles. The Bertz CT molecular complexity index is 294. The first kappa shape index (κ1) is 10.2. The highest BCUT2D eigenvalue weighted by Crippen LogP contribution is 2.19. The predicted molar refractivity (Wildman–Crippen MR) is 54.5 cm³/mol. The Morgan fingerprint density at radius 1 is 1.31 bits per heavy atom. The summed E-state index contributed by atoms with van der Waals surface area (Å²) < 4.78 is 0. The summed E-state index contributed by atoms with van der Waals surface area (Å²) in [5.74, 6) is 0. The van der Waals surface area contributed by atoms with Crippen LogP contribution in [0.1, 0.15) is 29.7 Å². The van der Waals surface area contributed by atoms with E-state index in [0.29, 0.717) is 0 Å². The van der Waals surface area contributed by atoms with Crippen LogP contribution in [0.15, 0.2) is 18.2 Å². The molecule has 0 fully saturated rings. The molecule has 1 aromatic carbocycles. The number of aliphatic hydroxyl groups is 1. The third-order valence-corrected chi connectivity index (χ3v) is 2.31. The summed E-state index contributed by atoms with van der Waals surface area (Å²) >= 11 is 0. The zero-order valence-electron chi connectivity index (χ0n) is 8.41. The second kappa shape index (κ2) is 3.90. The van der Waals surface area contributed by atoms with Gasteiger partial charge in [-0.3, -0.25) is 0 Å². The molecule has 0 aliphatic heterocycles. The van der Waals surface area contributed by atoms with Gasteiger partial charge in [0.1, 0.15) is 0 Å².